The van der Waals surface area contributed by atoms with E-state index in [4.69, 9.17) is 9.47 Å². The molecule has 0 aliphatic heterocycles. The fourth-order valence-electron chi connectivity index (χ4n) is 2.44. The molecular formula is C20H15F5N2O2S. The molecule has 3 aromatic rings. The van der Waals surface area contributed by atoms with Crippen LogP contribution in [-0.2, 0) is 11.9 Å². The van der Waals surface area contributed by atoms with Crippen molar-refractivity contribution in [3.8, 4) is 17.4 Å². The zero-order valence-corrected chi connectivity index (χ0v) is 16.6. The van der Waals surface area contributed by atoms with E-state index in [-0.39, 0.29) is 28.1 Å². The highest BCUT2D eigenvalue weighted by molar-refractivity contribution is 7.98. The molecule has 0 atom stereocenters. The molecule has 0 amide bonds. The molecule has 0 saturated carbocycles. The summed E-state index contributed by atoms with van der Waals surface area (Å²) < 4.78 is 78.1. The van der Waals surface area contributed by atoms with Crippen molar-refractivity contribution in [2.75, 3.05) is 7.11 Å². The van der Waals surface area contributed by atoms with Crippen molar-refractivity contribution in [1.82, 2.24) is 9.97 Å². The summed E-state index contributed by atoms with van der Waals surface area (Å²) in [5.41, 5.74) is -0.665. The van der Waals surface area contributed by atoms with Crippen molar-refractivity contribution in [2.24, 2.45) is 0 Å². The van der Waals surface area contributed by atoms with Crippen LogP contribution >= 0.6 is 11.8 Å². The minimum absolute atomic E-state index is 0.158. The number of hydrogen-bond acceptors (Lipinski definition) is 5. The number of aromatic nitrogens is 2. The first-order chi connectivity index (χ1) is 14.2. The Morgan fingerprint density at radius 1 is 0.967 bits per heavy atom. The number of benzene rings is 2. The first-order valence-corrected chi connectivity index (χ1v) is 9.50. The van der Waals surface area contributed by atoms with Crippen LogP contribution in [-0.4, -0.2) is 17.1 Å². The van der Waals surface area contributed by atoms with Gasteiger partial charge in [0.25, 0.3) is 0 Å². The highest BCUT2D eigenvalue weighted by atomic mass is 32.2. The predicted octanol–water partition coefficient (Wildman–Crippen LogP) is 6.18. The van der Waals surface area contributed by atoms with Gasteiger partial charge >= 0.3 is 6.18 Å². The summed E-state index contributed by atoms with van der Waals surface area (Å²) in [7, 11) is 1.40. The SMILES string of the molecule is COc1cc(C)ccc1Oc1cc(C(F)(F)F)nc(SCc2c(F)cccc2F)n1. The van der Waals surface area contributed by atoms with Gasteiger partial charge in [-0.15, -0.1) is 0 Å². The zero-order valence-electron chi connectivity index (χ0n) is 15.8. The van der Waals surface area contributed by atoms with Crippen LogP contribution in [0.5, 0.6) is 17.4 Å². The van der Waals surface area contributed by atoms with Gasteiger partial charge in [0.1, 0.15) is 11.6 Å². The number of aryl methyl sites for hydroxylation is 1. The van der Waals surface area contributed by atoms with E-state index in [1.807, 2.05) is 6.92 Å². The number of rotatable bonds is 6. The molecule has 158 valence electrons. The van der Waals surface area contributed by atoms with Crippen LogP contribution in [0.25, 0.3) is 0 Å². The van der Waals surface area contributed by atoms with Gasteiger partial charge in [0.2, 0.25) is 5.88 Å². The van der Waals surface area contributed by atoms with Gasteiger partial charge in [-0.25, -0.2) is 13.8 Å². The van der Waals surface area contributed by atoms with E-state index in [1.54, 1.807) is 12.1 Å². The zero-order chi connectivity index (χ0) is 21.9. The lowest BCUT2D eigenvalue weighted by molar-refractivity contribution is -0.141. The molecule has 0 aliphatic rings. The number of methoxy groups -OCH3 is 1. The minimum atomic E-state index is -4.77. The van der Waals surface area contributed by atoms with E-state index in [0.29, 0.717) is 23.6 Å². The second kappa shape index (κ2) is 8.86. The summed E-state index contributed by atoms with van der Waals surface area (Å²) in [5.74, 6) is -1.83. The lowest BCUT2D eigenvalue weighted by Gasteiger charge is -2.13. The minimum Gasteiger partial charge on any atom is -0.493 e. The summed E-state index contributed by atoms with van der Waals surface area (Å²) >= 11 is 0.656. The van der Waals surface area contributed by atoms with E-state index in [1.165, 1.54) is 19.2 Å². The van der Waals surface area contributed by atoms with Gasteiger partial charge in [-0.1, -0.05) is 23.9 Å². The molecule has 2 aromatic carbocycles. The Kier molecular flexibility index (Phi) is 6.45. The van der Waals surface area contributed by atoms with Gasteiger partial charge in [0.15, 0.2) is 22.3 Å². The molecule has 10 heteroatoms. The van der Waals surface area contributed by atoms with E-state index < -0.39 is 23.5 Å². The number of thioether (sulfide) groups is 1. The summed E-state index contributed by atoms with van der Waals surface area (Å²) in [5, 5.41) is -0.339. The summed E-state index contributed by atoms with van der Waals surface area (Å²) in [6, 6.07) is 8.84. The van der Waals surface area contributed by atoms with Gasteiger partial charge < -0.3 is 9.47 Å². The third kappa shape index (κ3) is 5.18. The third-order valence-corrected chi connectivity index (χ3v) is 4.79. The molecule has 0 unspecified atom stereocenters. The van der Waals surface area contributed by atoms with Crippen LogP contribution in [0.3, 0.4) is 0 Å². The monoisotopic (exact) mass is 442 g/mol. The third-order valence-electron chi connectivity index (χ3n) is 3.91. The topological polar surface area (TPSA) is 44.2 Å². The first kappa shape index (κ1) is 21.8. The molecule has 4 nitrogen and oxygen atoms in total. The lowest BCUT2D eigenvalue weighted by Crippen LogP contribution is -2.10. The van der Waals surface area contributed by atoms with Crippen LogP contribution in [0.4, 0.5) is 22.0 Å². The average molecular weight is 442 g/mol. The molecule has 30 heavy (non-hydrogen) atoms. The van der Waals surface area contributed by atoms with Crippen LogP contribution in [0.1, 0.15) is 16.8 Å². The van der Waals surface area contributed by atoms with Crippen molar-refractivity contribution < 1.29 is 31.4 Å². The fourth-order valence-corrected chi connectivity index (χ4v) is 3.31. The Morgan fingerprint density at radius 3 is 2.30 bits per heavy atom. The Morgan fingerprint density at radius 2 is 1.67 bits per heavy atom. The van der Waals surface area contributed by atoms with Crippen molar-refractivity contribution >= 4 is 11.8 Å². The highest BCUT2D eigenvalue weighted by Crippen LogP contribution is 2.36. The number of hydrogen-bond donors (Lipinski definition) is 0. The Bertz CT molecular complexity index is 1040. The first-order valence-electron chi connectivity index (χ1n) is 8.52. The Labute approximate surface area is 173 Å². The number of halogens is 5. The smallest absolute Gasteiger partial charge is 0.433 e. The molecule has 0 radical (unpaired) electrons. The van der Waals surface area contributed by atoms with E-state index in [0.717, 1.165) is 17.7 Å². The van der Waals surface area contributed by atoms with E-state index in [2.05, 4.69) is 9.97 Å². The molecule has 1 heterocycles. The molecule has 0 saturated heterocycles. The molecule has 0 spiro atoms. The van der Waals surface area contributed by atoms with Gasteiger partial charge in [-0.2, -0.15) is 18.2 Å². The van der Waals surface area contributed by atoms with E-state index in [9.17, 15) is 22.0 Å². The molecule has 0 N–H and O–H groups in total. The largest absolute Gasteiger partial charge is 0.493 e. The molecule has 1 aromatic heterocycles. The van der Waals surface area contributed by atoms with Gasteiger partial charge in [-0.3, -0.25) is 0 Å². The molecule has 0 fully saturated rings. The Balaban J connectivity index is 1.93. The summed E-state index contributed by atoms with van der Waals surface area (Å²) in [4.78, 5) is 7.39. The maximum atomic E-state index is 13.8. The van der Waals surface area contributed by atoms with Crippen molar-refractivity contribution in [3.63, 3.8) is 0 Å². The molecule has 0 bridgehead atoms. The normalized spacial score (nSPS) is 11.4. The predicted molar refractivity (Wildman–Crippen MR) is 101 cm³/mol. The van der Waals surface area contributed by atoms with Gasteiger partial charge in [-0.05, 0) is 36.8 Å². The van der Waals surface area contributed by atoms with Crippen LogP contribution in [0.15, 0.2) is 47.6 Å². The van der Waals surface area contributed by atoms with Crippen molar-refractivity contribution in [3.05, 3.63) is 70.9 Å². The second-order valence-corrected chi connectivity index (χ2v) is 7.06. The molecule has 0 aliphatic carbocycles. The highest BCUT2D eigenvalue weighted by Gasteiger charge is 2.34. The van der Waals surface area contributed by atoms with Gasteiger partial charge in [0, 0.05) is 17.4 Å². The van der Waals surface area contributed by atoms with Crippen LogP contribution in [0, 0.1) is 18.6 Å². The van der Waals surface area contributed by atoms with Crippen molar-refractivity contribution in [2.45, 2.75) is 24.0 Å². The van der Waals surface area contributed by atoms with Crippen LogP contribution < -0.4 is 9.47 Å². The summed E-state index contributed by atoms with van der Waals surface area (Å²) in [6.07, 6.45) is -4.77. The van der Waals surface area contributed by atoms with Crippen molar-refractivity contribution in [1.29, 1.82) is 0 Å². The lowest BCUT2D eigenvalue weighted by atomic mass is 10.2. The maximum Gasteiger partial charge on any atom is 0.433 e. The Hall–Kier alpha value is -2.88. The van der Waals surface area contributed by atoms with Crippen LogP contribution in [0.2, 0.25) is 0 Å². The number of alkyl halides is 3. The summed E-state index contributed by atoms with van der Waals surface area (Å²) in [6.45, 7) is 1.81. The van der Waals surface area contributed by atoms with E-state index >= 15 is 0 Å². The maximum absolute atomic E-state index is 13.8. The molecular weight excluding hydrogens is 427 g/mol. The molecule has 3 rings (SSSR count). The average Bonchev–Trinajstić information content (AvgIpc) is 2.68. The number of nitrogens with zero attached hydrogens (tertiary/aromatic N) is 2. The quantitative estimate of drug-likeness (QED) is 0.259. The second-order valence-electron chi connectivity index (χ2n) is 6.12. The fraction of sp³-hybridized carbons (Fsp3) is 0.200. The standard InChI is InChI=1S/C20H15F5N2O2S/c1-11-6-7-15(16(8-11)28-2)29-18-9-17(20(23,24)25)26-19(27-18)30-10-12-13(21)4-3-5-14(12)22/h3-9H,10H2,1-2H3. The van der Waals surface area contributed by atoms with Gasteiger partial charge in [0.05, 0.1) is 7.11 Å². The number of ether oxygens (including phenoxy) is 2.